The largest absolute Gasteiger partial charge is 0.496 e. The number of nitro groups is 1. The van der Waals surface area contributed by atoms with Crippen LogP contribution in [0.5, 0.6) is 5.75 Å². The fraction of sp³-hybridized carbons (Fsp3) is 0.0800. The average Bonchev–Trinajstić information content (AvgIpc) is 3.15. The third kappa shape index (κ3) is 4.51. The Bertz CT molecular complexity index is 1400. The van der Waals surface area contributed by atoms with Gasteiger partial charge in [0.2, 0.25) is 0 Å². The molecule has 3 aromatic rings. The number of nitro benzene ring substituents is 1. The Hall–Kier alpha value is -4.11. The summed E-state index contributed by atoms with van der Waals surface area (Å²) in [5.74, 6) is 0.414. The van der Waals surface area contributed by atoms with E-state index in [2.05, 4.69) is 20.9 Å². The van der Waals surface area contributed by atoms with Crippen molar-refractivity contribution in [2.24, 2.45) is 4.99 Å². The fourth-order valence-electron chi connectivity index (χ4n) is 3.51. The summed E-state index contributed by atoms with van der Waals surface area (Å²) in [6, 6.07) is 18.0. The van der Waals surface area contributed by atoms with Crippen LogP contribution in [-0.4, -0.2) is 29.6 Å². The van der Waals surface area contributed by atoms with E-state index in [0.717, 1.165) is 0 Å². The molecule has 0 radical (unpaired) electrons. The topological polar surface area (TPSA) is 102 Å². The molecule has 1 aliphatic heterocycles. The minimum Gasteiger partial charge on any atom is -0.496 e. The molecule has 0 saturated carbocycles. The van der Waals surface area contributed by atoms with Gasteiger partial charge in [-0.1, -0.05) is 24.3 Å². The van der Waals surface area contributed by atoms with Gasteiger partial charge in [0, 0.05) is 23.3 Å². The standard InChI is InChI=1S/C25H18BrN3O5/c1-15(30)17-6-4-7-19(13-17)28-24(18-9-10-23(34-2)21(26)14-18)27-22(25(28)31)12-16-5-3-8-20(11-16)29(32)33/h3-14H,1-2H3/b22-12-. The van der Waals surface area contributed by atoms with Gasteiger partial charge >= 0.3 is 0 Å². The third-order valence-corrected chi connectivity index (χ3v) is 5.79. The van der Waals surface area contributed by atoms with Crippen molar-refractivity contribution in [3.63, 3.8) is 0 Å². The van der Waals surface area contributed by atoms with Gasteiger partial charge in [-0.25, -0.2) is 4.99 Å². The van der Waals surface area contributed by atoms with Crippen LogP contribution in [0.2, 0.25) is 0 Å². The fourth-order valence-corrected chi connectivity index (χ4v) is 4.05. The lowest BCUT2D eigenvalue weighted by Gasteiger charge is -2.19. The Morgan fingerprint density at radius 1 is 1.12 bits per heavy atom. The van der Waals surface area contributed by atoms with Gasteiger partial charge in [-0.3, -0.25) is 24.6 Å². The molecule has 0 unspecified atom stereocenters. The molecule has 1 amide bonds. The molecular weight excluding hydrogens is 502 g/mol. The number of anilines is 1. The molecule has 1 aliphatic rings. The van der Waals surface area contributed by atoms with Crippen LogP contribution < -0.4 is 9.64 Å². The van der Waals surface area contributed by atoms with Crippen LogP contribution in [0.15, 0.2) is 81.9 Å². The number of ether oxygens (including phenoxy) is 1. The summed E-state index contributed by atoms with van der Waals surface area (Å²) in [5.41, 5.74) is 2.06. The molecule has 1 heterocycles. The van der Waals surface area contributed by atoms with E-state index in [9.17, 15) is 19.7 Å². The molecule has 0 aromatic heterocycles. The number of nitrogens with zero attached hydrogens (tertiary/aromatic N) is 3. The van der Waals surface area contributed by atoms with Gasteiger partial charge in [-0.15, -0.1) is 0 Å². The minimum atomic E-state index is -0.498. The Morgan fingerprint density at radius 3 is 2.56 bits per heavy atom. The summed E-state index contributed by atoms with van der Waals surface area (Å²) in [6.07, 6.45) is 1.50. The lowest BCUT2D eigenvalue weighted by atomic mass is 10.1. The van der Waals surface area contributed by atoms with E-state index < -0.39 is 10.8 Å². The van der Waals surface area contributed by atoms with Gasteiger partial charge < -0.3 is 4.74 Å². The normalized spacial score (nSPS) is 14.3. The molecule has 8 nitrogen and oxygen atoms in total. The number of aliphatic imine (C=N–C) groups is 1. The highest BCUT2D eigenvalue weighted by atomic mass is 79.9. The summed E-state index contributed by atoms with van der Waals surface area (Å²) in [5, 5.41) is 11.1. The number of hydrogen-bond donors (Lipinski definition) is 0. The monoisotopic (exact) mass is 519 g/mol. The number of carbonyl (C=O) groups is 2. The van der Waals surface area contributed by atoms with E-state index in [4.69, 9.17) is 4.74 Å². The van der Waals surface area contributed by atoms with E-state index in [-0.39, 0.29) is 17.2 Å². The molecule has 0 bridgehead atoms. The highest BCUT2D eigenvalue weighted by Crippen LogP contribution is 2.32. The number of rotatable bonds is 6. The van der Waals surface area contributed by atoms with Crippen molar-refractivity contribution in [3.05, 3.63) is 104 Å². The van der Waals surface area contributed by atoms with Crippen molar-refractivity contribution >= 4 is 50.9 Å². The zero-order valence-corrected chi connectivity index (χ0v) is 19.8. The number of benzene rings is 3. The Morgan fingerprint density at radius 2 is 1.88 bits per heavy atom. The number of methoxy groups -OCH3 is 1. The predicted molar refractivity (Wildman–Crippen MR) is 132 cm³/mol. The molecule has 0 saturated heterocycles. The highest BCUT2D eigenvalue weighted by Gasteiger charge is 2.33. The first-order valence-corrected chi connectivity index (χ1v) is 10.9. The first-order valence-electron chi connectivity index (χ1n) is 10.1. The second-order valence-corrected chi connectivity index (χ2v) is 8.27. The zero-order valence-electron chi connectivity index (χ0n) is 18.2. The summed E-state index contributed by atoms with van der Waals surface area (Å²) >= 11 is 3.46. The first-order chi connectivity index (χ1) is 16.3. The smallest absolute Gasteiger partial charge is 0.282 e. The number of ketones is 1. The lowest BCUT2D eigenvalue weighted by Crippen LogP contribution is -2.32. The van der Waals surface area contributed by atoms with Gasteiger partial charge in [0.25, 0.3) is 11.6 Å². The van der Waals surface area contributed by atoms with Crippen LogP contribution in [0, 0.1) is 10.1 Å². The van der Waals surface area contributed by atoms with E-state index in [1.165, 1.54) is 30.0 Å². The molecule has 34 heavy (non-hydrogen) atoms. The van der Waals surface area contributed by atoms with Crippen LogP contribution in [0.4, 0.5) is 11.4 Å². The van der Waals surface area contributed by atoms with Crippen LogP contribution in [-0.2, 0) is 4.79 Å². The van der Waals surface area contributed by atoms with Crippen molar-refractivity contribution in [2.45, 2.75) is 6.92 Å². The maximum absolute atomic E-state index is 13.5. The number of amidine groups is 1. The highest BCUT2D eigenvalue weighted by molar-refractivity contribution is 9.10. The van der Waals surface area contributed by atoms with Gasteiger partial charge in [-0.2, -0.15) is 0 Å². The number of non-ortho nitro benzene ring substituents is 1. The maximum atomic E-state index is 13.5. The third-order valence-electron chi connectivity index (χ3n) is 5.17. The molecule has 4 rings (SSSR count). The Balaban J connectivity index is 1.86. The van der Waals surface area contributed by atoms with Gasteiger partial charge in [0.15, 0.2) is 5.78 Å². The van der Waals surface area contributed by atoms with Crippen molar-refractivity contribution in [1.82, 2.24) is 0 Å². The second-order valence-electron chi connectivity index (χ2n) is 7.41. The summed E-state index contributed by atoms with van der Waals surface area (Å²) < 4.78 is 5.97. The molecule has 0 spiro atoms. The zero-order chi connectivity index (χ0) is 24.4. The Labute approximate surface area is 203 Å². The quantitative estimate of drug-likeness (QED) is 0.187. The second kappa shape index (κ2) is 9.40. The van der Waals surface area contributed by atoms with E-state index >= 15 is 0 Å². The van der Waals surface area contributed by atoms with E-state index in [0.29, 0.717) is 38.4 Å². The van der Waals surface area contributed by atoms with Gasteiger partial charge in [-0.05, 0) is 64.8 Å². The number of halogens is 1. The van der Waals surface area contributed by atoms with Crippen molar-refractivity contribution in [2.75, 3.05) is 12.0 Å². The van der Waals surface area contributed by atoms with Gasteiger partial charge in [0.05, 0.1) is 22.2 Å². The SMILES string of the molecule is COc1ccc(C2=N/C(=C\c3cccc([N+](=O)[O-])c3)C(=O)N2c2cccc(C(C)=O)c2)cc1Br. The summed E-state index contributed by atoms with van der Waals surface area (Å²) in [7, 11) is 1.55. The summed E-state index contributed by atoms with van der Waals surface area (Å²) in [6.45, 7) is 1.45. The first kappa shape index (κ1) is 23.1. The predicted octanol–water partition coefficient (Wildman–Crippen LogP) is 5.40. The number of hydrogen-bond acceptors (Lipinski definition) is 6. The molecular formula is C25H18BrN3O5. The van der Waals surface area contributed by atoms with E-state index in [1.54, 1.807) is 61.7 Å². The minimum absolute atomic E-state index is 0.0888. The molecule has 170 valence electrons. The van der Waals surface area contributed by atoms with Crippen molar-refractivity contribution in [1.29, 1.82) is 0 Å². The molecule has 0 aliphatic carbocycles. The Kier molecular flexibility index (Phi) is 6.38. The lowest BCUT2D eigenvalue weighted by molar-refractivity contribution is -0.384. The molecule has 9 heteroatoms. The average molecular weight is 520 g/mol. The molecule has 3 aromatic carbocycles. The number of amides is 1. The number of Topliss-reactive ketones (excluding diaryl/α,β-unsaturated/α-hetero) is 1. The van der Waals surface area contributed by atoms with Crippen LogP contribution in [0.25, 0.3) is 6.08 Å². The van der Waals surface area contributed by atoms with Crippen LogP contribution >= 0.6 is 15.9 Å². The van der Waals surface area contributed by atoms with E-state index in [1.807, 2.05) is 0 Å². The molecule has 0 fully saturated rings. The van der Waals surface area contributed by atoms with Crippen LogP contribution in [0.3, 0.4) is 0 Å². The van der Waals surface area contributed by atoms with Crippen molar-refractivity contribution < 1.29 is 19.2 Å². The van der Waals surface area contributed by atoms with Gasteiger partial charge in [0.1, 0.15) is 17.3 Å². The molecule has 0 atom stereocenters. The number of carbonyl (C=O) groups excluding carboxylic acids is 2. The summed E-state index contributed by atoms with van der Waals surface area (Å²) in [4.78, 5) is 42.1. The van der Waals surface area contributed by atoms with Crippen LogP contribution in [0.1, 0.15) is 28.4 Å². The maximum Gasteiger partial charge on any atom is 0.282 e. The van der Waals surface area contributed by atoms with Crippen molar-refractivity contribution in [3.8, 4) is 5.75 Å². The molecule has 0 N–H and O–H groups in total.